The Balaban J connectivity index is 2.12. The van der Waals surface area contributed by atoms with Gasteiger partial charge in [-0.15, -0.1) is 0 Å². The first kappa shape index (κ1) is 13.4. The molecular formula is C14H13ClN2O2. The van der Waals surface area contributed by atoms with Crippen molar-refractivity contribution in [2.45, 2.75) is 13.5 Å². The molecule has 0 fully saturated rings. The summed E-state index contributed by atoms with van der Waals surface area (Å²) in [6.45, 7) is 2.53. The van der Waals surface area contributed by atoms with Crippen LogP contribution in [0.4, 0.5) is 5.69 Å². The molecule has 1 aromatic heterocycles. The van der Waals surface area contributed by atoms with Gasteiger partial charge in [0.2, 0.25) is 0 Å². The molecule has 0 aliphatic carbocycles. The standard InChI is InChI=1S/C14H13ClN2O2/c1-9-3-2-6-16-13(9)8-17-12-5-4-10(14(18)19)7-11(12)15/h2-7,17H,8H2,1H3,(H,18,19). The first-order valence-corrected chi connectivity index (χ1v) is 6.13. The molecule has 0 unspecified atom stereocenters. The van der Waals surface area contributed by atoms with E-state index >= 15 is 0 Å². The summed E-state index contributed by atoms with van der Waals surface area (Å²) >= 11 is 6.03. The van der Waals surface area contributed by atoms with Crippen LogP contribution in [-0.2, 0) is 6.54 Å². The lowest BCUT2D eigenvalue weighted by molar-refractivity contribution is 0.0697. The van der Waals surface area contributed by atoms with Crippen molar-refractivity contribution in [1.82, 2.24) is 4.98 Å². The molecule has 0 atom stereocenters. The summed E-state index contributed by atoms with van der Waals surface area (Å²) in [7, 11) is 0. The first-order valence-electron chi connectivity index (χ1n) is 5.75. The third-order valence-corrected chi connectivity index (χ3v) is 3.09. The molecule has 2 rings (SSSR count). The maximum absolute atomic E-state index is 10.8. The summed E-state index contributed by atoms with van der Waals surface area (Å²) in [6, 6.07) is 8.47. The van der Waals surface area contributed by atoms with Crippen molar-refractivity contribution in [2.24, 2.45) is 0 Å². The molecule has 0 radical (unpaired) electrons. The van der Waals surface area contributed by atoms with Gasteiger partial charge >= 0.3 is 5.97 Å². The average molecular weight is 277 g/mol. The van der Waals surface area contributed by atoms with Gasteiger partial charge in [0.05, 0.1) is 28.5 Å². The van der Waals surface area contributed by atoms with Crippen LogP contribution in [-0.4, -0.2) is 16.1 Å². The molecule has 1 aromatic carbocycles. The molecular weight excluding hydrogens is 264 g/mol. The van der Waals surface area contributed by atoms with E-state index in [4.69, 9.17) is 16.7 Å². The molecule has 2 N–H and O–H groups in total. The summed E-state index contributed by atoms with van der Waals surface area (Å²) in [5, 5.41) is 12.4. The number of pyridine rings is 1. The maximum Gasteiger partial charge on any atom is 0.335 e. The Hall–Kier alpha value is -2.07. The Morgan fingerprint density at radius 3 is 2.84 bits per heavy atom. The smallest absolute Gasteiger partial charge is 0.335 e. The first-order chi connectivity index (χ1) is 9.08. The number of hydrogen-bond acceptors (Lipinski definition) is 3. The number of carboxylic acid groups (broad SMARTS) is 1. The quantitative estimate of drug-likeness (QED) is 0.899. The van der Waals surface area contributed by atoms with Crippen molar-refractivity contribution in [3.05, 3.63) is 58.4 Å². The topological polar surface area (TPSA) is 62.2 Å². The molecule has 0 bridgehead atoms. The molecule has 0 aliphatic heterocycles. The van der Waals surface area contributed by atoms with Gasteiger partial charge < -0.3 is 10.4 Å². The van der Waals surface area contributed by atoms with Gasteiger partial charge in [0.25, 0.3) is 0 Å². The van der Waals surface area contributed by atoms with Crippen LogP contribution in [0, 0.1) is 6.92 Å². The van der Waals surface area contributed by atoms with Crippen LogP contribution in [0.15, 0.2) is 36.5 Å². The molecule has 0 aliphatic rings. The van der Waals surface area contributed by atoms with E-state index in [1.807, 2.05) is 19.1 Å². The zero-order valence-electron chi connectivity index (χ0n) is 10.4. The van der Waals surface area contributed by atoms with E-state index in [1.165, 1.54) is 12.1 Å². The van der Waals surface area contributed by atoms with Gasteiger partial charge in [0, 0.05) is 6.20 Å². The fourth-order valence-electron chi connectivity index (χ4n) is 1.67. The van der Waals surface area contributed by atoms with Crippen molar-refractivity contribution in [3.8, 4) is 0 Å². The minimum Gasteiger partial charge on any atom is -0.478 e. The molecule has 0 spiro atoms. The van der Waals surface area contributed by atoms with E-state index in [0.29, 0.717) is 17.3 Å². The number of rotatable bonds is 4. The Morgan fingerprint density at radius 2 is 2.21 bits per heavy atom. The number of benzene rings is 1. The van der Waals surface area contributed by atoms with Gasteiger partial charge in [-0.1, -0.05) is 17.7 Å². The van der Waals surface area contributed by atoms with E-state index in [9.17, 15) is 4.79 Å². The number of carbonyl (C=O) groups is 1. The maximum atomic E-state index is 10.8. The molecule has 2 aromatic rings. The van der Waals surface area contributed by atoms with Crippen molar-refractivity contribution < 1.29 is 9.90 Å². The zero-order valence-corrected chi connectivity index (χ0v) is 11.1. The third kappa shape index (κ3) is 3.23. The van der Waals surface area contributed by atoms with Crippen LogP contribution in [0.25, 0.3) is 0 Å². The van der Waals surface area contributed by atoms with E-state index in [1.54, 1.807) is 12.3 Å². The van der Waals surface area contributed by atoms with Crippen LogP contribution in [0.1, 0.15) is 21.6 Å². The highest BCUT2D eigenvalue weighted by Crippen LogP contribution is 2.23. The second kappa shape index (κ2) is 5.71. The molecule has 1 heterocycles. The highest BCUT2D eigenvalue weighted by atomic mass is 35.5. The zero-order chi connectivity index (χ0) is 13.8. The lowest BCUT2D eigenvalue weighted by atomic mass is 10.2. The van der Waals surface area contributed by atoms with Crippen LogP contribution in [0.5, 0.6) is 0 Å². The predicted octanol–water partition coefficient (Wildman–Crippen LogP) is 3.35. The van der Waals surface area contributed by atoms with Crippen LogP contribution in [0.3, 0.4) is 0 Å². The summed E-state index contributed by atoms with van der Waals surface area (Å²) in [5.74, 6) is -0.992. The van der Waals surface area contributed by atoms with Gasteiger partial charge in [-0.2, -0.15) is 0 Å². The number of nitrogens with one attached hydrogen (secondary N) is 1. The van der Waals surface area contributed by atoms with Crippen LogP contribution >= 0.6 is 11.6 Å². The second-order valence-electron chi connectivity index (χ2n) is 4.12. The Kier molecular flexibility index (Phi) is 4.02. The third-order valence-electron chi connectivity index (χ3n) is 2.78. The fourth-order valence-corrected chi connectivity index (χ4v) is 1.92. The van der Waals surface area contributed by atoms with Gasteiger partial charge in [-0.25, -0.2) is 4.79 Å². The number of aromatic carboxylic acids is 1. The van der Waals surface area contributed by atoms with Crippen molar-refractivity contribution in [2.75, 3.05) is 5.32 Å². The number of aryl methyl sites for hydroxylation is 1. The minimum atomic E-state index is -0.992. The molecule has 0 saturated carbocycles. The molecule has 5 heteroatoms. The summed E-state index contributed by atoms with van der Waals surface area (Å²) in [4.78, 5) is 15.1. The Labute approximate surface area is 116 Å². The normalized spacial score (nSPS) is 10.2. The molecule has 98 valence electrons. The summed E-state index contributed by atoms with van der Waals surface area (Å²) < 4.78 is 0. The van der Waals surface area contributed by atoms with Gasteiger partial charge in [0.15, 0.2) is 0 Å². The van der Waals surface area contributed by atoms with Crippen molar-refractivity contribution in [1.29, 1.82) is 0 Å². The SMILES string of the molecule is Cc1cccnc1CNc1ccc(C(=O)O)cc1Cl. The summed E-state index contributed by atoms with van der Waals surface area (Å²) in [6.07, 6.45) is 1.74. The predicted molar refractivity (Wildman–Crippen MR) is 74.7 cm³/mol. The summed E-state index contributed by atoms with van der Waals surface area (Å²) in [5.41, 5.74) is 2.88. The van der Waals surface area contributed by atoms with E-state index in [-0.39, 0.29) is 5.56 Å². The fraction of sp³-hybridized carbons (Fsp3) is 0.143. The number of nitrogens with zero attached hydrogens (tertiary/aromatic N) is 1. The lowest BCUT2D eigenvalue weighted by Gasteiger charge is -2.10. The molecule has 19 heavy (non-hydrogen) atoms. The number of anilines is 1. The highest BCUT2D eigenvalue weighted by molar-refractivity contribution is 6.33. The Morgan fingerprint density at radius 1 is 1.42 bits per heavy atom. The number of hydrogen-bond donors (Lipinski definition) is 2. The van der Waals surface area contributed by atoms with E-state index in [2.05, 4.69) is 10.3 Å². The highest BCUT2D eigenvalue weighted by Gasteiger charge is 2.07. The monoisotopic (exact) mass is 276 g/mol. The second-order valence-corrected chi connectivity index (χ2v) is 4.53. The molecule has 4 nitrogen and oxygen atoms in total. The number of carboxylic acids is 1. The minimum absolute atomic E-state index is 0.171. The molecule has 0 amide bonds. The average Bonchev–Trinajstić information content (AvgIpc) is 2.39. The number of halogens is 1. The molecule has 0 saturated heterocycles. The number of aromatic nitrogens is 1. The van der Waals surface area contributed by atoms with Crippen molar-refractivity contribution in [3.63, 3.8) is 0 Å². The van der Waals surface area contributed by atoms with E-state index in [0.717, 1.165) is 11.3 Å². The van der Waals surface area contributed by atoms with Gasteiger partial charge in [0.1, 0.15) is 0 Å². The lowest BCUT2D eigenvalue weighted by Crippen LogP contribution is -2.04. The van der Waals surface area contributed by atoms with E-state index < -0.39 is 5.97 Å². The van der Waals surface area contributed by atoms with Crippen molar-refractivity contribution >= 4 is 23.3 Å². The van der Waals surface area contributed by atoms with Gasteiger partial charge in [-0.3, -0.25) is 4.98 Å². The Bertz CT molecular complexity index is 614. The largest absolute Gasteiger partial charge is 0.478 e. The van der Waals surface area contributed by atoms with Crippen LogP contribution in [0.2, 0.25) is 5.02 Å². The van der Waals surface area contributed by atoms with Gasteiger partial charge in [-0.05, 0) is 36.8 Å². The van der Waals surface area contributed by atoms with Crippen LogP contribution < -0.4 is 5.32 Å².